The first-order chi connectivity index (χ1) is 9.50. The van der Waals surface area contributed by atoms with E-state index in [-0.39, 0.29) is 5.56 Å². The van der Waals surface area contributed by atoms with Crippen molar-refractivity contribution in [3.63, 3.8) is 0 Å². The maximum Gasteiger partial charge on any atom is 0.336 e. The molecule has 0 fully saturated rings. The Balaban J connectivity index is 2.59. The molecule has 0 atom stereocenters. The van der Waals surface area contributed by atoms with E-state index >= 15 is 0 Å². The van der Waals surface area contributed by atoms with Gasteiger partial charge in [0, 0.05) is 6.92 Å². The third kappa shape index (κ3) is 2.69. The summed E-state index contributed by atoms with van der Waals surface area (Å²) >= 11 is 0. The first-order valence-electron chi connectivity index (χ1n) is 6.11. The zero-order valence-electron chi connectivity index (χ0n) is 11.2. The number of carbonyl (C=O) groups excluding carboxylic acids is 1. The van der Waals surface area contributed by atoms with Gasteiger partial charge in [-0.05, 0) is 35.7 Å². The zero-order chi connectivity index (χ0) is 14.7. The third-order valence-electron chi connectivity index (χ3n) is 2.99. The van der Waals surface area contributed by atoms with Gasteiger partial charge in [-0.3, -0.25) is 4.79 Å². The molecule has 0 bridgehead atoms. The number of benzene rings is 2. The van der Waals surface area contributed by atoms with E-state index < -0.39 is 11.9 Å². The molecule has 20 heavy (non-hydrogen) atoms. The predicted octanol–water partition coefficient (Wildman–Crippen LogP) is 3.29. The topological polar surface area (TPSA) is 63.6 Å². The van der Waals surface area contributed by atoms with Crippen molar-refractivity contribution in [3.05, 3.63) is 53.6 Å². The van der Waals surface area contributed by atoms with Crippen LogP contribution in [0.25, 0.3) is 11.1 Å². The van der Waals surface area contributed by atoms with Gasteiger partial charge in [0.05, 0.1) is 5.56 Å². The monoisotopic (exact) mass is 270 g/mol. The van der Waals surface area contributed by atoms with Crippen molar-refractivity contribution in [2.45, 2.75) is 13.8 Å². The number of rotatable bonds is 3. The van der Waals surface area contributed by atoms with Crippen molar-refractivity contribution < 1.29 is 19.4 Å². The summed E-state index contributed by atoms with van der Waals surface area (Å²) in [4.78, 5) is 22.4. The van der Waals surface area contributed by atoms with Gasteiger partial charge in [0.15, 0.2) is 0 Å². The van der Waals surface area contributed by atoms with Crippen LogP contribution in [-0.4, -0.2) is 17.0 Å². The first-order valence-corrected chi connectivity index (χ1v) is 6.11. The lowest BCUT2D eigenvalue weighted by Gasteiger charge is -2.12. The van der Waals surface area contributed by atoms with Gasteiger partial charge in [-0.25, -0.2) is 4.79 Å². The van der Waals surface area contributed by atoms with E-state index in [2.05, 4.69) is 0 Å². The number of aromatic carboxylic acids is 1. The van der Waals surface area contributed by atoms with E-state index in [9.17, 15) is 14.7 Å². The van der Waals surface area contributed by atoms with Gasteiger partial charge in [-0.2, -0.15) is 0 Å². The summed E-state index contributed by atoms with van der Waals surface area (Å²) in [5, 5.41) is 9.25. The molecule has 0 aliphatic rings. The molecule has 2 aromatic carbocycles. The zero-order valence-corrected chi connectivity index (χ0v) is 11.2. The number of hydrogen-bond acceptors (Lipinski definition) is 3. The van der Waals surface area contributed by atoms with Crippen LogP contribution < -0.4 is 4.74 Å². The van der Waals surface area contributed by atoms with Crippen molar-refractivity contribution in [2.75, 3.05) is 0 Å². The molecule has 0 aliphatic heterocycles. The minimum atomic E-state index is -0.988. The molecule has 0 saturated carbocycles. The summed E-state index contributed by atoms with van der Waals surface area (Å²) in [6.07, 6.45) is 0. The molecular formula is C16H14O4. The summed E-state index contributed by atoms with van der Waals surface area (Å²) in [5.41, 5.74) is 2.29. The number of ether oxygens (including phenoxy) is 1. The summed E-state index contributed by atoms with van der Waals surface area (Å²) in [7, 11) is 0. The SMILES string of the molecule is CC(=O)Oc1cccc(-c2ccccc2C(=O)O)c1C. The van der Waals surface area contributed by atoms with Gasteiger partial charge in [-0.1, -0.05) is 30.3 Å². The fourth-order valence-electron chi connectivity index (χ4n) is 2.08. The van der Waals surface area contributed by atoms with E-state index in [0.717, 1.165) is 11.1 Å². The second-order valence-corrected chi connectivity index (χ2v) is 4.37. The fraction of sp³-hybridized carbons (Fsp3) is 0.125. The smallest absolute Gasteiger partial charge is 0.336 e. The molecule has 4 heteroatoms. The molecule has 1 N–H and O–H groups in total. The largest absolute Gasteiger partial charge is 0.478 e. The van der Waals surface area contributed by atoms with Gasteiger partial charge in [0.25, 0.3) is 0 Å². The highest BCUT2D eigenvalue weighted by atomic mass is 16.5. The summed E-state index contributed by atoms with van der Waals surface area (Å²) in [5.74, 6) is -0.954. The maximum atomic E-state index is 11.3. The maximum absolute atomic E-state index is 11.3. The lowest BCUT2D eigenvalue weighted by molar-refractivity contribution is -0.131. The highest BCUT2D eigenvalue weighted by Crippen LogP contribution is 2.32. The van der Waals surface area contributed by atoms with Crippen LogP contribution in [-0.2, 0) is 4.79 Å². The Morgan fingerprint density at radius 1 is 1.00 bits per heavy atom. The standard InChI is InChI=1S/C16H14O4/c1-10-12(8-5-9-15(10)20-11(2)17)13-6-3-4-7-14(13)16(18)19/h3-9H,1-2H3,(H,18,19). The Bertz CT molecular complexity index is 674. The van der Waals surface area contributed by atoms with Crippen molar-refractivity contribution in [1.82, 2.24) is 0 Å². The number of carboxylic acids is 1. The molecule has 0 aliphatic carbocycles. The summed E-state index contributed by atoms with van der Waals surface area (Å²) < 4.78 is 5.12. The molecule has 0 heterocycles. The number of carboxylic acid groups (broad SMARTS) is 1. The molecule has 0 radical (unpaired) electrons. The van der Waals surface area contributed by atoms with Crippen molar-refractivity contribution in [3.8, 4) is 16.9 Å². The van der Waals surface area contributed by atoms with Gasteiger partial charge in [0.2, 0.25) is 0 Å². The van der Waals surface area contributed by atoms with Gasteiger partial charge in [0.1, 0.15) is 5.75 Å². The third-order valence-corrected chi connectivity index (χ3v) is 2.99. The van der Waals surface area contributed by atoms with Crippen LogP contribution in [0.1, 0.15) is 22.8 Å². The second-order valence-electron chi connectivity index (χ2n) is 4.37. The van der Waals surface area contributed by atoms with Crippen molar-refractivity contribution in [1.29, 1.82) is 0 Å². The highest BCUT2D eigenvalue weighted by molar-refractivity contribution is 5.96. The molecular weight excluding hydrogens is 256 g/mol. The molecule has 0 saturated heterocycles. The van der Waals surface area contributed by atoms with Crippen molar-refractivity contribution in [2.24, 2.45) is 0 Å². The molecule has 2 rings (SSSR count). The van der Waals surface area contributed by atoms with Crippen LogP contribution in [0.3, 0.4) is 0 Å². The number of carbonyl (C=O) groups is 2. The average Bonchev–Trinajstić information content (AvgIpc) is 2.40. The normalized spacial score (nSPS) is 10.1. The minimum absolute atomic E-state index is 0.218. The quantitative estimate of drug-likeness (QED) is 0.686. The Morgan fingerprint density at radius 3 is 2.30 bits per heavy atom. The average molecular weight is 270 g/mol. The lowest BCUT2D eigenvalue weighted by atomic mass is 9.95. The van der Waals surface area contributed by atoms with Crippen LogP contribution in [0.15, 0.2) is 42.5 Å². The van der Waals surface area contributed by atoms with E-state index in [1.54, 1.807) is 43.3 Å². The first kappa shape index (κ1) is 13.8. The molecule has 102 valence electrons. The molecule has 2 aromatic rings. The predicted molar refractivity (Wildman–Crippen MR) is 74.9 cm³/mol. The molecule has 0 aromatic heterocycles. The highest BCUT2D eigenvalue weighted by Gasteiger charge is 2.14. The van der Waals surface area contributed by atoms with E-state index in [0.29, 0.717) is 11.3 Å². The van der Waals surface area contributed by atoms with E-state index in [1.807, 2.05) is 6.07 Å². The number of esters is 1. The minimum Gasteiger partial charge on any atom is -0.478 e. The van der Waals surface area contributed by atoms with Gasteiger partial charge in [-0.15, -0.1) is 0 Å². The van der Waals surface area contributed by atoms with Gasteiger partial charge >= 0.3 is 11.9 Å². The van der Waals surface area contributed by atoms with Crippen LogP contribution in [0.5, 0.6) is 5.75 Å². The van der Waals surface area contributed by atoms with Crippen LogP contribution in [0.4, 0.5) is 0 Å². The van der Waals surface area contributed by atoms with E-state index in [4.69, 9.17) is 4.74 Å². The Kier molecular flexibility index (Phi) is 3.84. The summed E-state index contributed by atoms with van der Waals surface area (Å²) in [6, 6.07) is 12.0. The second kappa shape index (κ2) is 5.57. The Morgan fingerprint density at radius 2 is 1.65 bits per heavy atom. The molecule has 0 amide bonds. The molecule has 4 nitrogen and oxygen atoms in total. The Hall–Kier alpha value is -2.62. The van der Waals surface area contributed by atoms with E-state index in [1.165, 1.54) is 6.92 Å². The lowest BCUT2D eigenvalue weighted by Crippen LogP contribution is -2.04. The molecule has 0 unspecified atom stereocenters. The Labute approximate surface area is 116 Å². The van der Waals surface area contributed by atoms with Crippen molar-refractivity contribution >= 4 is 11.9 Å². The van der Waals surface area contributed by atoms with Gasteiger partial charge < -0.3 is 9.84 Å². The molecule has 0 spiro atoms. The number of hydrogen-bond donors (Lipinski definition) is 1. The fourth-order valence-corrected chi connectivity index (χ4v) is 2.08. The summed E-state index contributed by atoms with van der Waals surface area (Å²) in [6.45, 7) is 3.13. The van der Waals surface area contributed by atoms with Crippen LogP contribution in [0.2, 0.25) is 0 Å². The van der Waals surface area contributed by atoms with Crippen LogP contribution in [0, 0.1) is 6.92 Å². The van der Waals surface area contributed by atoms with Crippen LogP contribution >= 0.6 is 0 Å².